The lowest BCUT2D eigenvalue weighted by Gasteiger charge is -2.44. The monoisotopic (exact) mass is 370 g/mol. The van der Waals surface area contributed by atoms with Gasteiger partial charge in [0.2, 0.25) is 0 Å². The molecule has 1 aliphatic heterocycles. The van der Waals surface area contributed by atoms with Crippen molar-refractivity contribution in [2.45, 2.75) is 6.04 Å². The lowest BCUT2D eigenvalue weighted by molar-refractivity contribution is 0.0381. The van der Waals surface area contributed by atoms with Crippen LogP contribution in [-0.4, -0.2) is 39.2 Å². The number of hydrogen-bond donors (Lipinski definition) is 0. The predicted molar refractivity (Wildman–Crippen MR) is 108 cm³/mol. The number of rotatable bonds is 6. The number of likely N-dealkylation sites (tertiary alicyclic amines) is 1. The van der Waals surface area contributed by atoms with E-state index >= 15 is 0 Å². The molecule has 1 aliphatic rings. The Balaban J connectivity index is 1.27. The molecule has 28 heavy (non-hydrogen) atoms. The highest BCUT2D eigenvalue weighted by Crippen LogP contribution is 2.34. The average Bonchev–Trinajstić information content (AvgIpc) is 3.20. The first-order valence-electron chi connectivity index (χ1n) is 9.63. The van der Waals surface area contributed by atoms with Crippen LogP contribution >= 0.6 is 0 Å². The fourth-order valence-corrected chi connectivity index (χ4v) is 3.95. The van der Waals surface area contributed by atoms with E-state index in [9.17, 15) is 0 Å². The molecule has 0 spiro atoms. The Bertz CT molecular complexity index is 1000. The number of hydrogen-bond acceptors (Lipinski definition) is 4. The van der Waals surface area contributed by atoms with E-state index in [-0.39, 0.29) is 0 Å². The van der Waals surface area contributed by atoms with E-state index in [1.807, 2.05) is 12.3 Å². The molecule has 3 heterocycles. The Kier molecular flexibility index (Phi) is 4.51. The van der Waals surface area contributed by atoms with Crippen molar-refractivity contribution in [3.05, 3.63) is 96.4 Å². The molecule has 5 nitrogen and oxygen atoms in total. The van der Waals surface area contributed by atoms with Gasteiger partial charge in [-0.15, -0.1) is 0 Å². The highest BCUT2D eigenvalue weighted by molar-refractivity contribution is 5.51. The van der Waals surface area contributed by atoms with E-state index in [4.69, 9.17) is 4.74 Å². The van der Waals surface area contributed by atoms with Crippen LogP contribution in [0.4, 0.5) is 0 Å². The van der Waals surface area contributed by atoms with Gasteiger partial charge in [-0.1, -0.05) is 60.7 Å². The summed E-state index contributed by atoms with van der Waals surface area (Å²) in [5.74, 6) is 1.30. The maximum absolute atomic E-state index is 6.07. The number of benzene rings is 2. The number of imidazole rings is 1. The quantitative estimate of drug-likeness (QED) is 0.517. The molecular formula is C23H22N4O. The normalized spacial score (nSPS) is 15.0. The van der Waals surface area contributed by atoms with Gasteiger partial charge in [0.05, 0.1) is 18.8 Å². The zero-order valence-corrected chi connectivity index (χ0v) is 15.6. The largest absolute Gasteiger partial charge is 0.489 e. The summed E-state index contributed by atoms with van der Waals surface area (Å²) in [6, 6.07) is 23.6. The molecule has 0 N–H and O–H groups in total. The van der Waals surface area contributed by atoms with Crippen LogP contribution in [0.5, 0.6) is 5.75 Å². The van der Waals surface area contributed by atoms with Gasteiger partial charge in [0.25, 0.3) is 0 Å². The molecule has 2 aromatic carbocycles. The zero-order chi connectivity index (χ0) is 18.8. The van der Waals surface area contributed by atoms with Crippen LogP contribution in [0.1, 0.15) is 17.2 Å². The lowest BCUT2D eigenvalue weighted by Crippen LogP contribution is -2.50. The van der Waals surface area contributed by atoms with Gasteiger partial charge in [-0.2, -0.15) is 5.10 Å². The molecule has 0 bridgehead atoms. The highest BCUT2D eigenvalue weighted by atomic mass is 16.5. The summed E-state index contributed by atoms with van der Waals surface area (Å²) in [4.78, 5) is 6.85. The minimum atomic E-state index is 0.290. The first-order chi connectivity index (χ1) is 13.9. The summed E-state index contributed by atoms with van der Waals surface area (Å²) >= 11 is 0. The second-order valence-electron chi connectivity index (χ2n) is 7.25. The maximum atomic E-state index is 6.07. The lowest BCUT2D eigenvalue weighted by atomic mass is 9.90. The summed E-state index contributed by atoms with van der Waals surface area (Å²) in [5.41, 5.74) is 3.44. The van der Waals surface area contributed by atoms with Gasteiger partial charge in [0.15, 0.2) is 11.4 Å². The van der Waals surface area contributed by atoms with Crippen LogP contribution in [0, 0.1) is 5.92 Å². The molecule has 5 heteroatoms. The smallest absolute Gasteiger partial charge is 0.196 e. The van der Waals surface area contributed by atoms with Crippen molar-refractivity contribution in [1.82, 2.24) is 19.5 Å². The second-order valence-corrected chi connectivity index (χ2v) is 7.25. The molecule has 0 amide bonds. The molecule has 0 atom stereocenters. The van der Waals surface area contributed by atoms with Crippen LogP contribution in [-0.2, 0) is 0 Å². The molecule has 2 aromatic heterocycles. The SMILES string of the molecule is c1ccc(C(c2ccccc2)N2CC(COc3ccnn4ccnc34)C2)cc1. The third-order valence-electron chi connectivity index (χ3n) is 5.31. The zero-order valence-electron chi connectivity index (χ0n) is 15.6. The molecule has 0 saturated carbocycles. The van der Waals surface area contributed by atoms with Crippen molar-refractivity contribution in [3.8, 4) is 5.75 Å². The van der Waals surface area contributed by atoms with Crippen molar-refractivity contribution in [3.63, 3.8) is 0 Å². The predicted octanol–water partition coefficient (Wildman–Crippen LogP) is 3.83. The van der Waals surface area contributed by atoms with Crippen molar-refractivity contribution in [2.75, 3.05) is 19.7 Å². The van der Waals surface area contributed by atoms with Gasteiger partial charge in [0.1, 0.15) is 0 Å². The fraction of sp³-hybridized carbons (Fsp3) is 0.217. The van der Waals surface area contributed by atoms with Gasteiger partial charge in [0, 0.05) is 37.5 Å². The topological polar surface area (TPSA) is 42.7 Å². The van der Waals surface area contributed by atoms with E-state index in [0.717, 1.165) is 24.5 Å². The van der Waals surface area contributed by atoms with E-state index in [2.05, 4.69) is 75.6 Å². The second kappa shape index (κ2) is 7.44. The van der Waals surface area contributed by atoms with Gasteiger partial charge in [-0.25, -0.2) is 9.50 Å². The Morgan fingerprint density at radius 1 is 0.893 bits per heavy atom. The molecule has 4 aromatic rings. The first-order valence-corrected chi connectivity index (χ1v) is 9.63. The van der Waals surface area contributed by atoms with Crippen LogP contribution in [0.3, 0.4) is 0 Å². The Hall–Kier alpha value is -3.18. The summed E-state index contributed by atoms with van der Waals surface area (Å²) in [6.07, 6.45) is 5.32. The number of nitrogens with zero attached hydrogens (tertiary/aromatic N) is 4. The van der Waals surface area contributed by atoms with E-state index in [1.165, 1.54) is 11.1 Å². The summed E-state index contributed by atoms with van der Waals surface area (Å²) in [5, 5.41) is 4.23. The third-order valence-corrected chi connectivity index (χ3v) is 5.31. The number of ether oxygens (including phenoxy) is 1. The first kappa shape index (κ1) is 17.0. The highest BCUT2D eigenvalue weighted by Gasteiger charge is 2.34. The Labute approximate surface area is 164 Å². The van der Waals surface area contributed by atoms with Gasteiger partial charge in [-0.05, 0) is 11.1 Å². The van der Waals surface area contributed by atoms with Gasteiger partial charge in [-0.3, -0.25) is 4.90 Å². The van der Waals surface area contributed by atoms with Crippen LogP contribution in [0.2, 0.25) is 0 Å². The Morgan fingerprint density at radius 2 is 1.57 bits per heavy atom. The van der Waals surface area contributed by atoms with Crippen LogP contribution in [0.15, 0.2) is 85.3 Å². The molecule has 1 saturated heterocycles. The molecule has 0 unspecified atom stereocenters. The summed E-state index contributed by atoms with van der Waals surface area (Å²) in [6.45, 7) is 2.73. The summed E-state index contributed by atoms with van der Waals surface area (Å²) in [7, 11) is 0. The number of aromatic nitrogens is 3. The minimum absolute atomic E-state index is 0.290. The minimum Gasteiger partial charge on any atom is -0.489 e. The third kappa shape index (κ3) is 3.25. The average molecular weight is 370 g/mol. The van der Waals surface area contributed by atoms with Crippen molar-refractivity contribution < 1.29 is 4.74 Å². The van der Waals surface area contributed by atoms with Crippen molar-refractivity contribution in [1.29, 1.82) is 0 Å². The molecule has 1 fully saturated rings. The van der Waals surface area contributed by atoms with Crippen LogP contribution < -0.4 is 4.74 Å². The van der Waals surface area contributed by atoms with Crippen molar-refractivity contribution in [2.24, 2.45) is 5.92 Å². The summed E-state index contributed by atoms with van der Waals surface area (Å²) < 4.78 is 7.81. The van der Waals surface area contributed by atoms with Gasteiger partial charge >= 0.3 is 0 Å². The van der Waals surface area contributed by atoms with E-state index in [0.29, 0.717) is 18.6 Å². The molecule has 0 aliphatic carbocycles. The molecule has 0 radical (unpaired) electrons. The van der Waals surface area contributed by atoms with Crippen LogP contribution in [0.25, 0.3) is 5.65 Å². The molecule has 140 valence electrons. The maximum Gasteiger partial charge on any atom is 0.196 e. The fourth-order valence-electron chi connectivity index (χ4n) is 3.95. The van der Waals surface area contributed by atoms with E-state index in [1.54, 1.807) is 16.9 Å². The van der Waals surface area contributed by atoms with E-state index < -0.39 is 0 Å². The molecule has 5 rings (SSSR count). The van der Waals surface area contributed by atoms with Crippen molar-refractivity contribution >= 4 is 5.65 Å². The standard InChI is InChI=1S/C23H22N4O/c1-3-7-19(8-4-1)22(20-9-5-2-6-10-20)26-15-18(16-26)17-28-21-11-12-25-27-14-13-24-23(21)27/h1-14,18,22H,15-17H2. The van der Waals surface area contributed by atoms with Gasteiger partial charge < -0.3 is 4.74 Å². The number of fused-ring (bicyclic) bond motifs is 1. The molecular weight excluding hydrogens is 348 g/mol. The Morgan fingerprint density at radius 3 is 2.25 bits per heavy atom.